The van der Waals surface area contributed by atoms with Crippen molar-refractivity contribution in [2.45, 2.75) is 19.3 Å². The Balaban J connectivity index is 1.03. The molecule has 2 nitrogen and oxygen atoms in total. The van der Waals surface area contributed by atoms with E-state index in [4.69, 9.17) is 9.97 Å². The van der Waals surface area contributed by atoms with E-state index in [0.29, 0.717) is 0 Å². The molecule has 264 valence electrons. The van der Waals surface area contributed by atoms with E-state index in [1.807, 2.05) is 17.4 Å². The second kappa shape index (κ2) is 12.7. The number of aromatic nitrogens is 2. The molecule has 0 fully saturated rings. The Labute approximate surface area is 330 Å². The third kappa shape index (κ3) is 5.23. The van der Waals surface area contributed by atoms with Crippen LogP contribution >= 0.6 is 11.3 Å². The van der Waals surface area contributed by atoms with E-state index >= 15 is 0 Å². The topological polar surface area (TPSA) is 25.8 Å². The average Bonchev–Trinajstić information content (AvgIpc) is 3.74. The van der Waals surface area contributed by atoms with Gasteiger partial charge in [0.1, 0.15) is 0 Å². The van der Waals surface area contributed by atoms with Crippen molar-refractivity contribution in [3.8, 4) is 67.3 Å². The quantitative estimate of drug-likeness (QED) is 0.176. The second-order valence-corrected chi connectivity index (χ2v) is 16.4. The Kier molecular flexibility index (Phi) is 7.42. The van der Waals surface area contributed by atoms with E-state index < -0.39 is 0 Å². The summed E-state index contributed by atoms with van der Waals surface area (Å²) in [5.41, 5.74) is 15.3. The van der Waals surface area contributed by atoms with Gasteiger partial charge < -0.3 is 0 Å². The summed E-state index contributed by atoms with van der Waals surface area (Å²) in [6, 6.07) is 66.0. The van der Waals surface area contributed by atoms with Gasteiger partial charge in [0.15, 0.2) is 5.82 Å². The molecule has 3 heteroatoms. The molecule has 56 heavy (non-hydrogen) atoms. The summed E-state index contributed by atoms with van der Waals surface area (Å²) in [6.07, 6.45) is 0. The van der Waals surface area contributed by atoms with Crippen LogP contribution in [0, 0.1) is 0 Å². The smallest absolute Gasteiger partial charge is 0.160 e. The van der Waals surface area contributed by atoms with Gasteiger partial charge in [0.05, 0.1) is 11.4 Å². The molecule has 0 unspecified atom stereocenters. The Morgan fingerprint density at radius 2 is 0.964 bits per heavy atom. The highest BCUT2D eigenvalue weighted by atomic mass is 32.1. The summed E-state index contributed by atoms with van der Waals surface area (Å²) in [5.74, 6) is 0.717. The first-order chi connectivity index (χ1) is 27.5. The summed E-state index contributed by atoms with van der Waals surface area (Å²) < 4.78 is 2.58. The fraction of sp³-hybridized carbons (Fsp3) is 0.0566. The molecule has 0 bridgehead atoms. The summed E-state index contributed by atoms with van der Waals surface area (Å²) in [5, 5.41) is 4.90. The molecule has 1 aliphatic rings. The Hall–Kier alpha value is -6.68. The minimum Gasteiger partial charge on any atom is -0.228 e. The van der Waals surface area contributed by atoms with E-state index in [1.165, 1.54) is 70.1 Å². The average molecular weight is 733 g/mol. The lowest BCUT2D eigenvalue weighted by Gasteiger charge is -2.22. The summed E-state index contributed by atoms with van der Waals surface area (Å²) in [6.45, 7) is 4.69. The molecule has 2 heterocycles. The molecule has 2 aromatic heterocycles. The predicted octanol–water partition coefficient (Wildman–Crippen LogP) is 14.6. The lowest BCUT2D eigenvalue weighted by molar-refractivity contribution is 0.660. The van der Waals surface area contributed by atoms with Crippen LogP contribution in [0.4, 0.5) is 0 Å². The minimum absolute atomic E-state index is 0.0438. The van der Waals surface area contributed by atoms with Gasteiger partial charge in [-0.3, -0.25) is 0 Å². The second-order valence-electron chi connectivity index (χ2n) is 15.4. The molecule has 0 saturated heterocycles. The van der Waals surface area contributed by atoms with Crippen LogP contribution < -0.4 is 0 Å². The number of hydrogen-bond donors (Lipinski definition) is 0. The maximum absolute atomic E-state index is 5.25. The molecule has 0 radical (unpaired) electrons. The van der Waals surface area contributed by atoms with Crippen molar-refractivity contribution >= 4 is 42.3 Å². The normalized spacial score (nSPS) is 13.0. The van der Waals surface area contributed by atoms with E-state index in [-0.39, 0.29) is 5.41 Å². The fourth-order valence-corrected chi connectivity index (χ4v) is 9.95. The van der Waals surface area contributed by atoms with Crippen LogP contribution in [0.2, 0.25) is 0 Å². The van der Waals surface area contributed by atoms with E-state index in [1.54, 1.807) is 0 Å². The van der Waals surface area contributed by atoms with Crippen molar-refractivity contribution in [1.29, 1.82) is 0 Å². The molecular formula is C53H36N2S. The summed E-state index contributed by atoms with van der Waals surface area (Å²) >= 11 is 1.84. The highest BCUT2D eigenvalue weighted by molar-refractivity contribution is 7.25. The number of nitrogens with zero attached hydrogens (tertiary/aromatic N) is 2. The van der Waals surface area contributed by atoms with Crippen LogP contribution in [0.3, 0.4) is 0 Å². The molecule has 1 aliphatic carbocycles. The van der Waals surface area contributed by atoms with Crippen LogP contribution in [-0.4, -0.2) is 9.97 Å². The molecule has 0 N–H and O–H groups in total. The number of rotatable bonds is 5. The van der Waals surface area contributed by atoms with Crippen LogP contribution in [0.15, 0.2) is 182 Å². The maximum Gasteiger partial charge on any atom is 0.160 e. The van der Waals surface area contributed by atoms with Gasteiger partial charge in [-0.2, -0.15) is 0 Å². The van der Waals surface area contributed by atoms with E-state index in [9.17, 15) is 0 Å². The minimum atomic E-state index is -0.0438. The predicted molar refractivity (Wildman–Crippen MR) is 237 cm³/mol. The van der Waals surface area contributed by atoms with Gasteiger partial charge >= 0.3 is 0 Å². The molecule has 8 aromatic carbocycles. The summed E-state index contributed by atoms with van der Waals surface area (Å²) in [4.78, 5) is 10.4. The van der Waals surface area contributed by atoms with E-state index in [2.05, 4.69) is 190 Å². The van der Waals surface area contributed by atoms with Crippen LogP contribution in [0.1, 0.15) is 25.0 Å². The van der Waals surface area contributed by atoms with Gasteiger partial charge in [-0.1, -0.05) is 159 Å². The highest BCUT2D eigenvalue weighted by Gasteiger charge is 2.35. The third-order valence-corrected chi connectivity index (χ3v) is 12.9. The van der Waals surface area contributed by atoms with Gasteiger partial charge in [0.25, 0.3) is 0 Å². The molecular weight excluding hydrogens is 697 g/mol. The lowest BCUT2D eigenvalue weighted by atomic mass is 9.81. The SMILES string of the molecule is CC1(C)c2ccccc2-c2ccc(-c3cccc(-c4ccc(-c5cc(-c6ccc7sc8ccccc8c7c6)nc(-c6ccccc6)n5)c5ccccc45)c3)cc21. The van der Waals surface area contributed by atoms with Gasteiger partial charge in [-0.05, 0) is 91.7 Å². The van der Waals surface area contributed by atoms with E-state index in [0.717, 1.165) is 39.3 Å². The molecule has 0 spiro atoms. The first kappa shape index (κ1) is 32.7. The zero-order valence-corrected chi connectivity index (χ0v) is 31.9. The highest BCUT2D eigenvalue weighted by Crippen LogP contribution is 2.50. The molecule has 10 aromatic rings. The first-order valence-electron chi connectivity index (χ1n) is 19.2. The van der Waals surface area contributed by atoms with Gasteiger partial charge in [-0.25, -0.2) is 9.97 Å². The monoisotopic (exact) mass is 732 g/mol. The Morgan fingerprint density at radius 3 is 1.84 bits per heavy atom. The van der Waals surface area contributed by atoms with Crippen molar-refractivity contribution in [3.63, 3.8) is 0 Å². The Bertz CT molecular complexity index is 3170. The zero-order valence-electron chi connectivity index (χ0n) is 31.1. The van der Waals surface area contributed by atoms with Crippen LogP contribution in [0.5, 0.6) is 0 Å². The first-order valence-corrected chi connectivity index (χ1v) is 20.0. The maximum atomic E-state index is 5.25. The molecule has 0 atom stereocenters. The van der Waals surface area contributed by atoms with Gasteiger partial charge in [0.2, 0.25) is 0 Å². The third-order valence-electron chi connectivity index (χ3n) is 11.7. The molecule has 0 saturated carbocycles. The standard InChI is InChI=1S/C53H36N2S/c1-53(2)46-21-10-8-19-41(46)42-25-23-35(31-47(42)53)34-15-12-16-36(29-34)38-26-27-43(40-18-7-6-17-39(38)40)49-32-48(54-52(55-49)33-13-4-3-5-14-33)37-24-28-51-45(30-37)44-20-9-11-22-50(44)56-51/h3-32H,1-2H3. The van der Waals surface area contributed by atoms with Crippen LogP contribution in [0.25, 0.3) is 98.2 Å². The Morgan fingerprint density at radius 1 is 0.357 bits per heavy atom. The van der Waals surface area contributed by atoms with Crippen molar-refractivity contribution in [2.24, 2.45) is 0 Å². The number of fused-ring (bicyclic) bond motifs is 7. The number of hydrogen-bond acceptors (Lipinski definition) is 3. The van der Waals surface area contributed by atoms with Crippen molar-refractivity contribution in [1.82, 2.24) is 9.97 Å². The van der Waals surface area contributed by atoms with Gasteiger partial charge in [-0.15, -0.1) is 11.3 Å². The zero-order chi connectivity index (χ0) is 37.4. The number of benzene rings is 8. The van der Waals surface area contributed by atoms with Crippen molar-refractivity contribution < 1.29 is 0 Å². The summed E-state index contributed by atoms with van der Waals surface area (Å²) in [7, 11) is 0. The van der Waals surface area contributed by atoms with Crippen LogP contribution in [-0.2, 0) is 5.41 Å². The van der Waals surface area contributed by atoms with Crippen molar-refractivity contribution in [2.75, 3.05) is 0 Å². The molecule has 11 rings (SSSR count). The van der Waals surface area contributed by atoms with Crippen molar-refractivity contribution in [3.05, 3.63) is 193 Å². The lowest BCUT2D eigenvalue weighted by Crippen LogP contribution is -2.14. The molecule has 0 aliphatic heterocycles. The van der Waals surface area contributed by atoms with Gasteiger partial charge in [0, 0.05) is 42.3 Å². The fourth-order valence-electron chi connectivity index (χ4n) is 8.86. The largest absolute Gasteiger partial charge is 0.228 e. The number of thiophene rings is 1. The molecule has 0 amide bonds.